The lowest BCUT2D eigenvalue weighted by atomic mass is 10.0. The van der Waals surface area contributed by atoms with Crippen molar-refractivity contribution in [3.63, 3.8) is 0 Å². The number of rotatable bonds is 4. The fraction of sp³-hybridized carbons (Fsp3) is 0.278. The van der Waals surface area contributed by atoms with E-state index in [1.807, 2.05) is 0 Å². The molecule has 2 aromatic rings. The molecule has 1 aliphatic rings. The summed E-state index contributed by atoms with van der Waals surface area (Å²) < 4.78 is 0. The van der Waals surface area contributed by atoms with Crippen molar-refractivity contribution in [1.29, 1.82) is 0 Å². The van der Waals surface area contributed by atoms with Gasteiger partial charge >= 0.3 is 6.03 Å². The number of thiophene rings is 1. The Kier molecular flexibility index (Phi) is 6.80. The maximum atomic E-state index is 12.3. The van der Waals surface area contributed by atoms with Gasteiger partial charge in [-0.15, -0.1) is 23.7 Å². The van der Waals surface area contributed by atoms with E-state index in [-0.39, 0.29) is 12.4 Å². The van der Waals surface area contributed by atoms with Gasteiger partial charge in [-0.1, -0.05) is 19.1 Å². The van der Waals surface area contributed by atoms with Gasteiger partial charge in [-0.25, -0.2) is 9.64 Å². The summed E-state index contributed by atoms with van der Waals surface area (Å²) in [6.45, 7) is 11.6. The van der Waals surface area contributed by atoms with Crippen molar-refractivity contribution in [2.75, 3.05) is 23.7 Å². The van der Waals surface area contributed by atoms with Crippen LogP contribution in [0.15, 0.2) is 24.3 Å². The fourth-order valence-corrected chi connectivity index (χ4v) is 4.25. The Bertz CT molecular complexity index is 888. The number of likely N-dealkylation sites (N-methyl/N-ethyl adjacent to an activating group) is 1. The topological polar surface area (TPSA) is 91.8 Å². The molecule has 0 fully saturated rings. The predicted molar refractivity (Wildman–Crippen MR) is 110 cm³/mol. The normalized spacial score (nSPS) is 13.0. The average Bonchev–Trinajstić information content (AvgIpc) is 2.99. The molecule has 0 aliphatic carbocycles. The smallest absolute Gasteiger partial charge is 0.324 e. The van der Waals surface area contributed by atoms with Crippen molar-refractivity contribution in [3.8, 4) is 0 Å². The molecule has 9 heteroatoms. The van der Waals surface area contributed by atoms with Crippen molar-refractivity contribution >= 4 is 52.1 Å². The van der Waals surface area contributed by atoms with Gasteiger partial charge in [0.25, 0.3) is 5.91 Å². The number of nitrogens with one attached hydrogen (secondary N) is 2. The van der Waals surface area contributed by atoms with E-state index in [9.17, 15) is 9.59 Å². The van der Waals surface area contributed by atoms with E-state index < -0.39 is 11.9 Å². The second-order valence-corrected chi connectivity index (χ2v) is 7.03. The van der Waals surface area contributed by atoms with Crippen molar-refractivity contribution < 1.29 is 9.59 Å². The first-order chi connectivity index (χ1) is 12.5. The van der Waals surface area contributed by atoms with Crippen LogP contribution in [-0.2, 0) is 13.0 Å². The summed E-state index contributed by atoms with van der Waals surface area (Å²) in [7, 11) is 0. The number of fused-ring (bicyclic) bond motifs is 1. The first-order valence-corrected chi connectivity index (χ1v) is 9.05. The van der Waals surface area contributed by atoms with Gasteiger partial charge < -0.3 is 11.1 Å². The second-order valence-electron chi connectivity index (χ2n) is 5.93. The number of anilines is 2. The van der Waals surface area contributed by atoms with Gasteiger partial charge in [0.05, 0.1) is 12.1 Å². The Hall–Kier alpha value is -2.60. The van der Waals surface area contributed by atoms with Crippen LogP contribution in [0.1, 0.15) is 27.7 Å². The Balaban J connectivity index is 0.00000261. The number of nitrogens with two attached hydrogens (primary N) is 1. The van der Waals surface area contributed by atoms with E-state index in [1.54, 1.807) is 24.3 Å². The molecule has 1 aromatic heterocycles. The number of carbonyl (C=O) groups is 2. The standard InChI is InChI=1S/C18H19N5O2S.ClH/c1-3-23-9-8-13-14(10-23)26-17(15(13)16(19)24)22-18(25)21-12-6-4-11(20-2)5-7-12;/h4-7H,3,8-10H2,1H3,(H2,19,24)(H2,21,22,25);1H. The van der Waals surface area contributed by atoms with Crippen LogP contribution in [0, 0.1) is 6.57 Å². The number of carbonyl (C=O) groups excluding carboxylic acids is 2. The molecule has 3 rings (SSSR count). The largest absolute Gasteiger partial charge is 0.365 e. The van der Waals surface area contributed by atoms with Crippen LogP contribution in [0.4, 0.5) is 21.2 Å². The summed E-state index contributed by atoms with van der Waals surface area (Å²) in [5.41, 5.74) is 7.99. The second kappa shape index (κ2) is 8.86. The highest BCUT2D eigenvalue weighted by Crippen LogP contribution is 2.37. The molecule has 0 unspecified atom stereocenters. The number of hydrogen-bond acceptors (Lipinski definition) is 4. The lowest BCUT2D eigenvalue weighted by Gasteiger charge is -2.25. The minimum atomic E-state index is -0.524. The molecule has 27 heavy (non-hydrogen) atoms. The third-order valence-electron chi connectivity index (χ3n) is 4.31. The van der Waals surface area contributed by atoms with Crippen molar-refractivity contribution in [1.82, 2.24) is 4.90 Å². The SMILES string of the molecule is Cl.[C-]#[N+]c1ccc(NC(=O)Nc2sc3c(c2C(N)=O)CCN(CC)C3)cc1. The first-order valence-electron chi connectivity index (χ1n) is 8.24. The van der Waals surface area contributed by atoms with Crippen molar-refractivity contribution in [3.05, 3.63) is 51.7 Å². The van der Waals surface area contributed by atoms with E-state index in [2.05, 4.69) is 27.3 Å². The highest BCUT2D eigenvalue weighted by atomic mass is 35.5. The zero-order valence-corrected chi connectivity index (χ0v) is 16.4. The number of nitrogens with zero attached hydrogens (tertiary/aromatic N) is 2. The van der Waals surface area contributed by atoms with Gasteiger partial charge in [0, 0.05) is 23.7 Å². The molecule has 0 saturated carbocycles. The molecule has 7 nitrogen and oxygen atoms in total. The molecule has 4 N–H and O–H groups in total. The van der Waals surface area contributed by atoms with Crippen LogP contribution >= 0.6 is 23.7 Å². The summed E-state index contributed by atoms with van der Waals surface area (Å²) in [6, 6.07) is 6.11. The molecule has 142 valence electrons. The maximum absolute atomic E-state index is 12.3. The minimum Gasteiger partial charge on any atom is -0.365 e. The van der Waals surface area contributed by atoms with Gasteiger partial charge in [0.15, 0.2) is 5.69 Å². The molecule has 0 saturated heterocycles. The molecule has 0 bridgehead atoms. The van der Waals surface area contributed by atoms with Crippen LogP contribution < -0.4 is 16.4 Å². The van der Waals surface area contributed by atoms with Crippen molar-refractivity contribution in [2.24, 2.45) is 5.73 Å². The number of urea groups is 1. The summed E-state index contributed by atoms with van der Waals surface area (Å²) in [5.74, 6) is -0.524. The lowest BCUT2D eigenvalue weighted by Crippen LogP contribution is -2.30. The fourth-order valence-electron chi connectivity index (χ4n) is 2.96. The van der Waals surface area contributed by atoms with E-state index in [1.165, 1.54) is 11.3 Å². The highest BCUT2D eigenvalue weighted by molar-refractivity contribution is 7.17. The van der Waals surface area contributed by atoms with Crippen LogP contribution in [0.3, 0.4) is 0 Å². The van der Waals surface area contributed by atoms with Crippen LogP contribution in [0.5, 0.6) is 0 Å². The van der Waals surface area contributed by atoms with Gasteiger partial charge in [-0.2, -0.15) is 0 Å². The summed E-state index contributed by atoms with van der Waals surface area (Å²) in [5, 5.41) is 5.93. The zero-order valence-electron chi connectivity index (χ0n) is 14.7. The average molecular weight is 406 g/mol. The molecule has 0 atom stereocenters. The minimum absolute atomic E-state index is 0. The Morgan fingerprint density at radius 1 is 1.30 bits per heavy atom. The van der Waals surface area contributed by atoms with Crippen LogP contribution in [0.25, 0.3) is 4.85 Å². The van der Waals surface area contributed by atoms with Crippen LogP contribution in [-0.4, -0.2) is 29.9 Å². The zero-order chi connectivity index (χ0) is 18.7. The monoisotopic (exact) mass is 405 g/mol. The first kappa shape index (κ1) is 20.7. The van der Waals surface area contributed by atoms with E-state index in [0.717, 1.165) is 36.5 Å². The molecule has 1 aromatic carbocycles. The summed E-state index contributed by atoms with van der Waals surface area (Å²) in [6.07, 6.45) is 0.749. The molecule has 3 amide bonds. The maximum Gasteiger partial charge on any atom is 0.324 e. The Morgan fingerprint density at radius 2 is 2.00 bits per heavy atom. The van der Waals surface area contributed by atoms with Gasteiger partial charge in [-0.05, 0) is 30.7 Å². The molecule has 0 radical (unpaired) electrons. The number of benzene rings is 1. The van der Waals surface area contributed by atoms with Crippen LogP contribution in [0.2, 0.25) is 0 Å². The Labute approximate surface area is 167 Å². The van der Waals surface area contributed by atoms with Crippen molar-refractivity contribution in [2.45, 2.75) is 19.9 Å². The number of halogens is 1. The molecule has 1 aliphatic heterocycles. The predicted octanol–water partition coefficient (Wildman–Crippen LogP) is 3.84. The summed E-state index contributed by atoms with van der Waals surface area (Å²) in [4.78, 5) is 30.9. The Morgan fingerprint density at radius 3 is 2.59 bits per heavy atom. The number of primary amides is 1. The summed E-state index contributed by atoms with van der Waals surface area (Å²) >= 11 is 1.40. The third-order valence-corrected chi connectivity index (χ3v) is 5.44. The van der Waals surface area contributed by atoms with Gasteiger partial charge in [-0.3, -0.25) is 15.0 Å². The molecular formula is C18H20ClN5O2S. The van der Waals surface area contributed by atoms with E-state index >= 15 is 0 Å². The molecule has 0 spiro atoms. The highest BCUT2D eigenvalue weighted by Gasteiger charge is 2.27. The van der Waals surface area contributed by atoms with E-state index in [4.69, 9.17) is 12.3 Å². The van der Waals surface area contributed by atoms with Gasteiger partial charge in [0.1, 0.15) is 5.00 Å². The number of amides is 3. The number of hydrogen-bond donors (Lipinski definition) is 3. The third kappa shape index (κ3) is 4.57. The molecule has 2 heterocycles. The molecular weight excluding hydrogens is 386 g/mol. The lowest BCUT2D eigenvalue weighted by molar-refractivity contribution is 0.1000. The van der Waals surface area contributed by atoms with Gasteiger partial charge in [0.2, 0.25) is 0 Å². The quantitative estimate of drug-likeness (QED) is 0.675. The van der Waals surface area contributed by atoms with E-state index in [0.29, 0.717) is 21.9 Å².